The molecule has 0 aromatic heterocycles. The van der Waals surface area contributed by atoms with Gasteiger partial charge in [0.25, 0.3) is 12.6 Å². The molecule has 3 aliphatic heterocycles. The van der Waals surface area contributed by atoms with Gasteiger partial charge in [0.05, 0.1) is 0 Å². The van der Waals surface area contributed by atoms with E-state index in [1.165, 1.54) is 12.8 Å². The predicted molar refractivity (Wildman–Crippen MR) is 132 cm³/mol. The van der Waals surface area contributed by atoms with Gasteiger partial charge in [-0.3, -0.25) is 14.6 Å². The fraction of sp³-hybridized carbons (Fsp3) is 0.692. The Morgan fingerprint density at radius 3 is 2.20 bits per heavy atom. The Hall–Kier alpha value is -2.74. The lowest BCUT2D eigenvalue weighted by atomic mass is 9.85. The number of benzene rings is 1. The van der Waals surface area contributed by atoms with Crippen molar-refractivity contribution in [1.29, 1.82) is 0 Å². The third-order valence-electron chi connectivity index (χ3n) is 7.65. The first-order valence-corrected chi connectivity index (χ1v) is 13.2. The third-order valence-corrected chi connectivity index (χ3v) is 7.65. The molecule has 3 heterocycles. The number of carbonyl (C=O) groups excluding carboxylic acids is 1. The van der Waals surface area contributed by atoms with Gasteiger partial charge in [0, 0.05) is 31.7 Å². The molecule has 3 aliphatic rings. The smallest absolute Gasteiger partial charge is 0.434 e. The third kappa shape index (κ3) is 8.63. The molecule has 0 bridgehead atoms. The second-order valence-corrected chi connectivity index (χ2v) is 10.2. The fourth-order valence-corrected chi connectivity index (χ4v) is 5.66. The molecular weight excluding hydrogens is 548 g/mol. The number of piperidine rings is 1. The van der Waals surface area contributed by atoms with E-state index in [2.05, 4.69) is 14.5 Å². The molecule has 0 radical (unpaired) electrons. The van der Waals surface area contributed by atoms with E-state index in [9.17, 15) is 31.1 Å². The molecule has 40 heavy (non-hydrogen) atoms. The van der Waals surface area contributed by atoms with Crippen LogP contribution in [0.15, 0.2) is 24.3 Å². The van der Waals surface area contributed by atoms with Crippen LogP contribution in [-0.2, 0) is 16.1 Å². The summed E-state index contributed by atoms with van der Waals surface area (Å²) in [6, 6.07) is 7.89. The minimum absolute atomic E-state index is 0.0391. The molecule has 4 rings (SSSR count). The summed E-state index contributed by atoms with van der Waals surface area (Å²) < 4.78 is 86.5. The average molecular weight is 584 g/mol. The van der Waals surface area contributed by atoms with Crippen molar-refractivity contribution in [2.45, 2.75) is 69.1 Å². The number of halogens is 6. The number of hydrogen-bond donors (Lipinski definition) is 1. The quantitative estimate of drug-likeness (QED) is 0.361. The highest BCUT2D eigenvalue weighted by molar-refractivity contribution is 5.68. The van der Waals surface area contributed by atoms with E-state index in [-0.39, 0.29) is 25.1 Å². The van der Waals surface area contributed by atoms with Gasteiger partial charge < -0.3 is 19.5 Å². The highest BCUT2D eigenvalue weighted by Gasteiger charge is 2.60. The van der Waals surface area contributed by atoms with Gasteiger partial charge >= 0.3 is 18.4 Å². The second kappa shape index (κ2) is 13.7. The molecular formula is C26H35F6N3O5. The first-order valence-electron chi connectivity index (χ1n) is 13.2. The number of nitrogens with zero attached hydrogens (tertiary/aromatic N) is 3. The summed E-state index contributed by atoms with van der Waals surface area (Å²) in [5.74, 6) is 0.798. The molecule has 8 nitrogen and oxygen atoms in total. The summed E-state index contributed by atoms with van der Waals surface area (Å²) in [7, 11) is 0. The highest BCUT2D eigenvalue weighted by atomic mass is 19.4. The first-order chi connectivity index (χ1) is 18.9. The number of ether oxygens (including phenoxy) is 2. The number of carboxylic acid groups (broad SMARTS) is 1. The zero-order valence-corrected chi connectivity index (χ0v) is 22.1. The minimum Gasteiger partial charge on any atom is -0.492 e. The van der Waals surface area contributed by atoms with Gasteiger partial charge in [0.2, 0.25) is 0 Å². The maximum atomic E-state index is 12.8. The lowest BCUT2D eigenvalue weighted by molar-refractivity contribution is -0.308. The standard InChI is InChI=1S/C25H33F6N3O3.CH2O2/c26-24(27,28)21(25(29,30)31)37-22(35)33-13-8-23(9-14-33)7-4-12-34(23)18-19-5-3-6-20(17-19)36-16-15-32-10-1-2-11-32;2-1-3/h3,5-6,17,21H,1-2,4,7-16,18H2;1H,(H,2,3). The van der Waals surface area contributed by atoms with Crippen LogP contribution in [0.5, 0.6) is 5.75 Å². The van der Waals surface area contributed by atoms with Crippen LogP contribution in [0.25, 0.3) is 0 Å². The molecule has 0 unspecified atom stereocenters. The summed E-state index contributed by atoms with van der Waals surface area (Å²) in [5.41, 5.74) is 0.816. The first kappa shape index (κ1) is 31.8. The highest BCUT2D eigenvalue weighted by Crippen LogP contribution is 2.41. The van der Waals surface area contributed by atoms with Gasteiger partial charge in [0.1, 0.15) is 12.4 Å². The van der Waals surface area contributed by atoms with Gasteiger partial charge in [0.15, 0.2) is 0 Å². The van der Waals surface area contributed by atoms with Gasteiger partial charge in [-0.2, -0.15) is 26.3 Å². The van der Waals surface area contributed by atoms with Crippen molar-refractivity contribution in [3.05, 3.63) is 29.8 Å². The molecule has 226 valence electrons. The predicted octanol–water partition coefficient (Wildman–Crippen LogP) is 4.92. The Labute approximate surface area is 228 Å². The largest absolute Gasteiger partial charge is 0.492 e. The molecule has 3 fully saturated rings. The van der Waals surface area contributed by atoms with Crippen LogP contribution in [0.3, 0.4) is 0 Å². The SMILES string of the molecule is O=C(OC(C(F)(F)F)C(F)(F)F)N1CCC2(CCCN2Cc2cccc(OCCN3CCCC3)c2)CC1.O=CO. The van der Waals surface area contributed by atoms with Crippen molar-refractivity contribution < 1.29 is 50.5 Å². The van der Waals surface area contributed by atoms with Crippen LogP contribution < -0.4 is 4.74 Å². The summed E-state index contributed by atoms with van der Waals surface area (Å²) in [6.45, 7) is 5.04. The topological polar surface area (TPSA) is 82.6 Å². The molecule has 1 spiro atoms. The maximum absolute atomic E-state index is 12.8. The van der Waals surface area contributed by atoms with E-state index in [1.54, 1.807) is 0 Å². The monoisotopic (exact) mass is 583 g/mol. The van der Waals surface area contributed by atoms with Crippen molar-refractivity contribution in [1.82, 2.24) is 14.7 Å². The van der Waals surface area contributed by atoms with Crippen LogP contribution in [-0.4, -0.2) is 102 Å². The van der Waals surface area contributed by atoms with E-state index in [0.717, 1.165) is 55.2 Å². The Bertz CT molecular complexity index is 949. The Balaban J connectivity index is 0.00000141. The summed E-state index contributed by atoms with van der Waals surface area (Å²) in [4.78, 5) is 26.2. The Kier molecular flexibility index (Phi) is 10.9. The number of alkyl halides is 6. The second-order valence-electron chi connectivity index (χ2n) is 10.2. The van der Waals surface area contributed by atoms with Gasteiger partial charge in [-0.25, -0.2) is 4.79 Å². The van der Waals surface area contributed by atoms with E-state index in [0.29, 0.717) is 26.0 Å². The van der Waals surface area contributed by atoms with Crippen LogP contribution in [0, 0.1) is 0 Å². The molecule has 1 amide bonds. The van der Waals surface area contributed by atoms with Gasteiger partial charge in [-0.15, -0.1) is 0 Å². The summed E-state index contributed by atoms with van der Waals surface area (Å²) >= 11 is 0. The average Bonchev–Trinajstić information content (AvgIpc) is 3.53. The van der Waals surface area contributed by atoms with E-state index < -0.39 is 24.5 Å². The van der Waals surface area contributed by atoms with Gasteiger partial charge in [-0.1, -0.05) is 12.1 Å². The molecule has 0 atom stereocenters. The molecule has 0 aliphatic carbocycles. The van der Waals surface area contributed by atoms with E-state index in [1.807, 2.05) is 24.3 Å². The Morgan fingerprint density at radius 2 is 1.60 bits per heavy atom. The zero-order chi connectivity index (χ0) is 29.4. The molecule has 1 aromatic carbocycles. The molecule has 1 N–H and O–H groups in total. The molecule has 3 saturated heterocycles. The number of carbonyl (C=O) groups is 2. The summed E-state index contributed by atoms with van der Waals surface area (Å²) in [6.07, 6.45) is -12.0. The van der Waals surface area contributed by atoms with Gasteiger partial charge in [-0.05, 0) is 75.9 Å². The lowest BCUT2D eigenvalue weighted by Gasteiger charge is -2.45. The number of likely N-dealkylation sites (tertiary alicyclic amines) is 3. The van der Waals surface area contributed by atoms with Crippen molar-refractivity contribution in [2.24, 2.45) is 0 Å². The van der Waals surface area contributed by atoms with Crippen molar-refractivity contribution >= 4 is 12.6 Å². The number of amides is 1. The van der Waals surface area contributed by atoms with Crippen LogP contribution in [0.1, 0.15) is 44.1 Å². The molecule has 14 heteroatoms. The number of rotatable bonds is 7. The van der Waals surface area contributed by atoms with E-state index in [4.69, 9.17) is 14.6 Å². The summed E-state index contributed by atoms with van der Waals surface area (Å²) in [5, 5.41) is 6.89. The minimum atomic E-state index is -5.72. The van der Waals surface area contributed by atoms with Crippen molar-refractivity contribution in [2.75, 3.05) is 45.9 Å². The van der Waals surface area contributed by atoms with Crippen LogP contribution in [0.4, 0.5) is 31.1 Å². The van der Waals surface area contributed by atoms with Crippen molar-refractivity contribution in [3.8, 4) is 5.75 Å². The fourth-order valence-electron chi connectivity index (χ4n) is 5.66. The maximum Gasteiger partial charge on any atom is 0.434 e. The van der Waals surface area contributed by atoms with Crippen molar-refractivity contribution in [3.63, 3.8) is 0 Å². The zero-order valence-electron chi connectivity index (χ0n) is 22.1. The normalized spacial score (nSPS) is 19.9. The Morgan fingerprint density at radius 1 is 0.975 bits per heavy atom. The number of hydrogen-bond acceptors (Lipinski definition) is 6. The van der Waals surface area contributed by atoms with Crippen LogP contribution >= 0.6 is 0 Å². The molecule has 1 aromatic rings. The lowest BCUT2D eigenvalue weighted by Crippen LogP contribution is -2.54. The van der Waals surface area contributed by atoms with E-state index >= 15 is 0 Å². The molecule has 0 saturated carbocycles. The van der Waals surface area contributed by atoms with Crippen LogP contribution in [0.2, 0.25) is 0 Å².